The van der Waals surface area contributed by atoms with Crippen LogP contribution >= 0.6 is 0 Å². The van der Waals surface area contributed by atoms with Gasteiger partial charge in [-0.05, 0) is 19.1 Å². The SMILES string of the molecule is CC(=N)N1CCC(Oc2ccc3nc[nH]c3c2)CC1. The number of piperidine rings is 1. The van der Waals surface area contributed by atoms with Gasteiger partial charge in [0.1, 0.15) is 11.9 Å². The van der Waals surface area contributed by atoms with Gasteiger partial charge >= 0.3 is 0 Å². The Balaban J connectivity index is 1.64. The third-order valence-corrected chi connectivity index (χ3v) is 3.61. The molecule has 0 unspecified atom stereocenters. The summed E-state index contributed by atoms with van der Waals surface area (Å²) in [6.07, 6.45) is 3.88. The molecule has 0 spiro atoms. The summed E-state index contributed by atoms with van der Waals surface area (Å²) in [5.74, 6) is 1.54. The van der Waals surface area contributed by atoms with Gasteiger partial charge in [-0.15, -0.1) is 0 Å². The molecule has 1 aliphatic rings. The number of benzene rings is 1. The molecule has 0 bridgehead atoms. The van der Waals surface area contributed by atoms with Crippen LogP contribution in [0.25, 0.3) is 11.0 Å². The second-order valence-corrected chi connectivity index (χ2v) is 4.97. The molecule has 0 radical (unpaired) electrons. The Bertz CT molecular complexity index is 584. The van der Waals surface area contributed by atoms with E-state index in [0.29, 0.717) is 5.84 Å². The van der Waals surface area contributed by atoms with Crippen LogP contribution in [0.4, 0.5) is 0 Å². The molecule has 100 valence electrons. The number of hydrogen-bond donors (Lipinski definition) is 2. The van der Waals surface area contributed by atoms with Gasteiger partial charge in [-0.25, -0.2) is 4.98 Å². The third-order valence-electron chi connectivity index (χ3n) is 3.61. The van der Waals surface area contributed by atoms with E-state index < -0.39 is 0 Å². The van der Waals surface area contributed by atoms with E-state index in [1.54, 1.807) is 6.33 Å². The van der Waals surface area contributed by atoms with Crippen molar-refractivity contribution >= 4 is 16.9 Å². The van der Waals surface area contributed by atoms with Crippen LogP contribution in [0.5, 0.6) is 5.75 Å². The van der Waals surface area contributed by atoms with Crippen LogP contribution in [0.1, 0.15) is 19.8 Å². The molecule has 0 saturated carbocycles. The van der Waals surface area contributed by atoms with E-state index in [1.807, 2.05) is 25.1 Å². The van der Waals surface area contributed by atoms with Crippen molar-refractivity contribution in [3.05, 3.63) is 24.5 Å². The normalized spacial score (nSPS) is 16.8. The predicted molar refractivity (Wildman–Crippen MR) is 74.7 cm³/mol. The van der Waals surface area contributed by atoms with Gasteiger partial charge < -0.3 is 14.6 Å². The zero-order chi connectivity index (χ0) is 13.2. The molecule has 3 rings (SSSR count). The van der Waals surface area contributed by atoms with Crippen molar-refractivity contribution < 1.29 is 4.74 Å². The van der Waals surface area contributed by atoms with Crippen molar-refractivity contribution in [1.82, 2.24) is 14.9 Å². The number of nitrogens with one attached hydrogen (secondary N) is 2. The Labute approximate surface area is 112 Å². The zero-order valence-corrected chi connectivity index (χ0v) is 11.0. The minimum atomic E-state index is 0.246. The molecule has 2 heterocycles. The Kier molecular flexibility index (Phi) is 3.11. The van der Waals surface area contributed by atoms with Gasteiger partial charge in [0.25, 0.3) is 0 Å². The monoisotopic (exact) mass is 258 g/mol. The minimum Gasteiger partial charge on any atom is -0.490 e. The maximum atomic E-state index is 7.62. The molecule has 1 aromatic heterocycles. The number of likely N-dealkylation sites (tertiary alicyclic amines) is 1. The molecule has 2 aromatic rings. The molecule has 1 aromatic carbocycles. The molecule has 0 aliphatic carbocycles. The van der Waals surface area contributed by atoms with Gasteiger partial charge in [0, 0.05) is 32.0 Å². The van der Waals surface area contributed by atoms with Crippen LogP contribution in [0.15, 0.2) is 24.5 Å². The minimum absolute atomic E-state index is 0.246. The Morgan fingerprint density at radius 2 is 2.21 bits per heavy atom. The molecule has 5 nitrogen and oxygen atoms in total. The van der Waals surface area contributed by atoms with Gasteiger partial charge in [0.15, 0.2) is 0 Å². The van der Waals surface area contributed by atoms with E-state index in [1.165, 1.54) is 0 Å². The number of H-pyrrole nitrogens is 1. The van der Waals surface area contributed by atoms with Gasteiger partial charge in [0.2, 0.25) is 0 Å². The fourth-order valence-electron chi connectivity index (χ4n) is 2.49. The topological polar surface area (TPSA) is 65.0 Å². The third kappa shape index (κ3) is 2.54. The predicted octanol–water partition coefficient (Wildman–Crippen LogP) is 2.40. The summed E-state index contributed by atoms with van der Waals surface area (Å²) in [5.41, 5.74) is 1.96. The first-order chi connectivity index (χ1) is 9.22. The molecule has 5 heteroatoms. The largest absolute Gasteiger partial charge is 0.490 e. The molecule has 1 aliphatic heterocycles. The highest BCUT2D eigenvalue weighted by atomic mass is 16.5. The van der Waals surface area contributed by atoms with Crippen molar-refractivity contribution in [2.24, 2.45) is 0 Å². The van der Waals surface area contributed by atoms with Gasteiger partial charge in [-0.3, -0.25) is 5.41 Å². The molecule has 19 heavy (non-hydrogen) atoms. The summed E-state index contributed by atoms with van der Waals surface area (Å²) in [7, 11) is 0. The highest BCUT2D eigenvalue weighted by Crippen LogP contribution is 2.22. The van der Waals surface area contributed by atoms with E-state index in [2.05, 4.69) is 14.9 Å². The second-order valence-electron chi connectivity index (χ2n) is 4.97. The van der Waals surface area contributed by atoms with Gasteiger partial charge in [0.05, 0.1) is 23.2 Å². The summed E-state index contributed by atoms with van der Waals surface area (Å²) in [5, 5.41) is 7.62. The molecule has 1 saturated heterocycles. The lowest BCUT2D eigenvalue weighted by atomic mass is 10.1. The van der Waals surface area contributed by atoms with Crippen LogP contribution in [-0.2, 0) is 0 Å². The number of ether oxygens (including phenoxy) is 1. The smallest absolute Gasteiger partial charge is 0.121 e. The number of aromatic amines is 1. The summed E-state index contributed by atoms with van der Waals surface area (Å²) in [6, 6.07) is 5.94. The number of hydrogen-bond acceptors (Lipinski definition) is 3. The summed E-state index contributed by atoms with van der Waals surface area (Å²) in [4.78, 5) is 9.38. The number of fused-ring (bicyclic) bond motifs is 1. The van der Waals surface area contributed by atoms with Crippen LogP contribution in [0.3, 0.4) is 0 Å². The van der Waals surface area contributed by atoms with Crippen LogP contribution in [-0.4, -0.2) is 39.9 Å². The Hall–Kier alpha value is -2.04. The van der Waals surface area contributed by atoms with Gasteiger partial charge in [-0.1, -0.05) is 0 Å². The first-order valence-electron chi connectivity index (χ1n) is 6.62. The van der Waals surface area contributed by atoms with E-state index in [-0.39, 0.29) is 6.10 Å². The lowest BCUT2D eigenvalue weighted by molar-refractivity contribution is 0.130. The van der Waals surface area contributed by atoms with Crippen molar-refractivity contribution in [3.8, 4) is 5.75 Å². The van der Waals surface area contributed by atoms with E-state index in [4.69, 9.17) is 10.1 Å². The first kappa shape index (κ1) is 12.0. The van der Waals surface area contributed by atoms with Gasteiger partial charge in [-0.2, -0.15) is 0 Å². The summed E-state index contributed by atoms with van der Waals surface area (Å²) < 4.78 is 6.02. The van der Waals surface area contributed by atoms with Crippen molar-refractivity contribution in [2.75, 3.05) is 13.1 Å². The number of aromatic nitrogens is 2. The lowest BCUT2D eigenvalue weighted by Gasteiger charge is -2.32. The molecule has 0 atom stereocenters. The highest BCUT2D eigenvalue weighted by Gasteiger charge is 2.20. The maximum absolute atomic E-state index is 7.62. The van der Waals surface area contributed by atoms with E-state index in [9.17, 15) is 0 Å². The van der Waals surface area contributed by atoms with Crippen molar-refractivity contribution in [2.45, 2.75) is 25.9 Å². The fraction of sp³-hybridized carbons (Fsp3) is 0.429. The quantitative estimate of drug-likeness (QED) is 0.642. The molecular formula is C14H18N4O. The van der Waals surface area contributed by atoms with Crippen molar-refractivity contribution in [1.29, 1.82) is 5.41 Å². The molecule has 1 fully saturated rings. The number of rotatable bonds is 2. The van der Waals surface area contributed by atoms with Crippen LogP contribution in [0.2, 0.25) is 0 Å². The number of imidazole rings is 1. The zero-order valence-electron chi connectivity index (χ0n) is 11.0. The average Bonchev–Trinajstić information content (AvgIpc) is 2.87. The number of nitrogens with zero attached hydrogens (tertiary/aromatic N) is 2. The van der Waals surface area contributed by atoms with E-state index in [0.717, 1.165) is 42.7 Å². The van der Waals surface area contributed by atoms with Crippen molar-refractivity contribution in [3.63, 3.8) is 0 Å². The summed E-state index contributed by atoms with van der Waals surface area (Å²) in [6.45, 7) is 3.66. The Morgan fingerprint density at radius 3 is 2.95 bits per heavy atom. The Morgan fingerprint density at radius 1 is 1.42 bits per heavy atom. The second kappa shape index (κ2) is 4.91. The lowest BCUT2D eigenvalue weighted by Crippen LogP contribution is -2.40. The average molecular weight is 258 g/mol. The highest BCUT2D eigenvalue weighted by molar-refractivity contribution is 5.76. The first-order valence-corrected chi connectivity index (χ1v) is 6.62. The van der Waals surface area contributed by atoms with Crippen LogP contribution in [0, 0.1) is 5.41 Å². The van der Waals surface area contributed by atoms with Crippen LogP contribution < -0.4 is 4.74 Å². The number of amidine groups is 1. The maximum Gasteiger partial charge on any atom is 0.121 e. The molecule has 2 N–H and O–H groups in total. The fourth-order valence-corrected chi connectivity index (χ4v) is 2.49. The summed E-state index contributed by atoms with van der Waals surface area (Å²) >= 11 is 0. The molecule has 0 amide bonds. The standard InChI is InChI=1S/C14H18N4O/c1-10(15)18-6-4-11(5-7-18)19-12-2-3-13-14(8-12)17-9-16-13/h2-3,8-9,11,15H,4-7H2,1H3,(H,16,17). The molecular weight excluding hydrogens is 240 g/mol. The van der Waals surface area contributed by atoms with E-state index >= 15 is 0 Å².